The van der Waals surface area contributed by atoms with Crippen molar-refractivity contribution in [1.82, 2.24) is 9.55 Å². The van der Waals surface area contributed by atoms with Crippen LogP contribution in [0.15, 0.2) is 66.7 Å². The van der Waals surface area contributed by atoms with E-state index in [0.29, 0.717) is 0 Å². The quantitative estimate of drug-likeness (QED) is 0.499. The molecule has 0 aliphatic heterocycles. The van der Waals surface area contributed by atoms with E-state index >= 15 is 0 Å². The summed E-state index contributed by atoms with van der Waals surface area (Å²) in [4.78, 5) is 4.81. The summed E-state index contributed by atoms with van der Waals surface area (Å²) in [5, 5.41) is 6.15. The number of benzene rings is 3. The lowest BCUT2D eigenvalue weighted by molar-refractivity contribution is 0.649. The summed E-state index contributed by atoms with van der Waals surface area (Å²) in [5.41, 5.74) is 3.56. The molecule has 0 fully saturated rings. The number of hydrogen-bond acceptors (Lipinski definition) is 2. The fourth-order valence-corrected chi connectivity index (χ4v) is 3.37. The van der Waals surface area contributed by atoms with E-state index in [9.17, 15) is 0 Å². The number of nitrogens with zero attached hydrogens (tertiary/aromatic N) is 2. The molecule has 3 nitrogen and oxygen atoms in total. The Balaban J connectivity index is 1.66. The van der Waals surface area contributed by atoms with Crippen LogP contribution >= 0.6 is 0 Å². The summed E-state index contributed by atoms with van der Waals surface area (Å²) in [5.74, 6) is 0.961. The highest BCUT2D eigenvalue weighted by atomic mass is 15.2. The van der Waals surface area contributed by atoms with Gasteiger partial charge in [-0.1, -0.05) is 67.9 Å². The Morgan fingerprint density at radius 1 is 0.920 bits per heavy atom. The Labute approximate surface area is 148 Å². The number of imidazole rings is 1. The third-order valence-electron chi connectivity index (χ3n) is 4.71. The van der Waals surface area contributed by atoms with Gasteiger partial charge in [0, 0.05) is 13.1 Å². The molecule has 0 saturated heterocycles. The Hall–Kier alpha value is -2.81. The van der Waals surface area contributed by atoms with Crippen LogP contribution in [0, 0.1) is 0 Å². The van der Waals surface area contributed by atoms with Gasteiger partial charge in [-0.25, -0.2) is 4.98 Å². The average Bonchev–Trinajstić information content (AvgIpc) is 3.02. The van der Waals surface area contributed by atoms with Crippen molar-refractivity contribution in [3.8, 4) is 0 Å². The molecule has 1 heterocycles. The molecule has 0 radical (unpaired) electrons. The third-order valence-corrected chi connectivity index (χ3v) is 4.71. The van der Waals surface area contributed by atoms with Gasteiger partial charge in [0.25, 0.3) is 0 Å². The van der Waals surface area contributed by atoms with Crippen LogP contribution in [0.5, 0.6) is 0 Å². The first-order valence-corrected chi connectivity index (χ1v) is 9.02. The molecule has 0 bridgehead atoms. The number of aryl methyl sites for hydroxylation is 1. The molecule has 0 aliphatic carbocycles. The van der Waals surface area contributed by atoms with Crippen molar-refractivity contribution in [3.63, 3.8) is 0 Å². The van der Waals surface area contributed by atoms with Gasteiger partial charge < -0.3 is 9.88 Å². The highest BCUT2D eigenvalue weighted by Crippen LogP contribution is 2.23. The van der Waals surface area contributed by atoms with Crippen LogP contribution in [-0.4, -0.2) is 9.55 Å². The molecule has 0 spiro atoms. The molecule has 3 aromatic carbocycles. The van der Waals surface area contributed by atoms with Gasteiger partial charge >= 0.3 is 0 Å². The number of nitrogens with one attached hydrogen (secondary N) is 1. The van der Waals surface area contributed by atoms with Crippen molar-refractivity contribution in [3.05, 3.63) is 72.3 Å². The number of para-hydroxylation sites is 2. The molecule has 126 valence electrons. The predicted molar refractivity (Wildman–Crippen MR) is 106 cm³/mol. The molecule has 1 N–H and O–H groups in total. The lowest BCUT2D eigenvalue weighted by Gasteiger charge is -2.12. The Morgan fingerprint density at radius 3 is 2.64 bits per heavy atom. The number of anilines is 1. The first-order chi connectivity index (χ1) is 12.4. The maximum absolute atomic E-state index is 4.81. The second-order valence-electron chi connectivity index (χ2n) is 6.42. The van der Waals surface area contributed by atoms with Crippen molar-refractivity contribution in [2.24, 2.45) is 0 Å². The van der Waals surface area contributed by atoms with E-state index in [-0.39, 0.29) is 0 Å². The smallest absolute Gasteiger partial charge is 0.204 e. The molecule has 0 saturated carbocycles. The predicted octanol–water partition coefficient (Wildman–Crippen LogP) is 5.60. The largest absolute Gasteiger partial charge is 0.352 e. The fraction of sp³-hybridized carbons (Fsp3) is 0.227. The number of rotatable bonds is 6. The minimum absolute atomic E-state index is 0.775. The Bertz CT molecular complexity index is 995. The van der Waals surface area contributed by atoms with Crippen molar-refractivity contribution in [2.45, 2.75) is 32.9 Å². The summed E-state index contributed by atoms with van der Waals surface area (Å²) in [6.45, 7) is 3.99. The minimum atomic E-state index is 0.775. The first-order valence-electron chi connectivity index (χ1n) is 9.02. The molecule has 0 amide bonds. The topological polar surface area (TPSA) is 29.9 Å². The average molecular weight is 329 g/mol. The number of hydrogen-bond donors (Lipinski definition) is 1. The molecular weight excluding hydrogens is 306 g/mol. The van der Waals surface area contributed by atoms with Crippen LogP contribution in [0.25, 0.3) is 21.8 Å². The van der Waals surface area contributed by atoms with Gasteiger partial charge in [0.15, 0.2) is 0 Å². The van der Waals surface area contributed by atoms with E-state index in [0.717, 1.165) is 31.0 Å². The van der Waals surface area contributed by atoms with Gasteiger partial charge in [-0.05, 0) is 34.9 Å². The molecule has 1 aromatic heterocycles. The number of unbranched alkanes of at least 4 members (excludes halogenated alkanes) is 1. The molecule has 4 rings (SSSR count). The normalized spacial score (nSPS) is 11.2. The Kier molecular flexibility index (Phi) is 4.38. The Morgan fingerprint density at radius 2 is 1.72 bits per heavy atom. The maximum atomic E-state index is 4.81. The maximum Gasteiger partial charge on any atom is 0.204 e. The summed E-state index contributed by atoms with van der Waals surface area (Å²) in [6, 6.07) is 23.4. The highest BCUT2D eigenvalue weighted by molar-refractivity contribution is 5.86. The minimum Gasteiger partial charge on any atom is -0.352 e. The van der Waals surface area contributed by atoms with Crippen molar-refractivity contribution in [2.75, 3.05) is 5.32 Å². The van der Waals surface area contributed by atoms with Gasteiger partial charge in [-0.2, -0.15) is 0 Å². The van der Waals surface area contributed by atoms with Gasteiger partial charge in [0.05, 0.1) is 11.0 Å². The zero-order valence-electron chi connectivity index (χ0n) is 14.6. The number of fused-ring (bicyclic) bond motifs is 2. The van der Waals surface area contributed by atoms with E-state index < -0.39 is 0 Å². The van der Waals surface area contributed by atoms with Gasteiger partial charge in [-0.15, -0.1) is 0 Å². The standard InChI is InChI=1S/C22H23N3/c1-2-3-15-25-21-14-7-6-13-20(21)24-22(25)23-16-18-11-8-10-17-9-4-5-12-19(17)18/h4-14H,2-3,15-16H2,1H3,(H,23,24). The zero-order chi connectivity index (χ0) is 17.1. The van der Waals surface area contributed by atoms with E-state index in [1.165, 1.54) is 28.3 Å². The van der Waals surface area contributed by atoms with Crippen molar-refractivity contribution < 1.29 is 0 Å². The molecule has 0 unspecified atom stereocenters. The molecule has 0 aliphatic rings. The molecule has 3 heteroatoms. The SMILES string of the molecule is CCCCn1c(NCc2cccc3ccccc23)nc2ccccc21. The van der Waals surface area contributed by atoms with E-state index in [4.69, 9.17) is 4.98 Å². The van der Waals surface area contributed by atoms with Crippen molar-refractivity contribution >= 4 is 27.8 Å². The molecule has 0 atom stereocenters. The monoisotopic (exact) mass is 329 g/mol. The second kappa shape index (κ2) is 6.98. The van der Waals surface area contributed by atoms with E-state index in [2.05, 4.69) is 77.5 Å². The fourth-order valence-electron chi connectivity index (χ4n) is 3.37. The second-order valence-corrected chi connectivity index (χ2v) is 6.42. The van der Waals surface area contributed by atoms with Crippen LogP contribution in [-0.2, 0) is 13.1 Å². The number of aromatic nitrogens is 2. The van der Waals surface area contributed by atoms with Crippen LogP contribution in [0.2, 0.25) is 0 Å². The van der Waals surface area contributed by atoms with Crippen LogP contribution < -0.4 is 5.32 Å². The first kappa shape index (κ1) is 15.7. The summed E-state index contributed by atoms with van der Waals surface area (Å²) < 4.78 is 2.31. The van der Waals surface area contributed by atoms with Crippen LogP contribution in [0.4, 0.5) is 5.95 Å². The van der Waals surface area contributed by atoms with Crippen LogP contribution in [0.1, 0.15) is 25.3 Å². The lowest BCUT2D eigenvalue weighted by atomic mass is 10.0. The van der Waals surface area contributed by atoms with Gasteiger partial charge in [0.1, 0.15) is 0 Å². The highest BCUT2D eigenvalue weighted by Gasteiger charge is 2.10. The molecular formula is C22H23N3. The molecule has 4 aromatic rings. The summed E-state index contributed by atoms with van der Waals surface area (Å²) in [6.07, 6.45) is 2.33. The van der Waals surface area contributed by atoms with Crippen molar-refractivity contribution in [1.29, 1.82) is 0 Å². The molecule has 25 heavy (non-hydrogen) atoms. The van der Waals surface area contributed by atoms with E-state index in [1.54, 1.807) is 0 Å². The zero-order valence-corrected chi connectivity index (χ0v) is 14.6. The van der Waals surface area contributed by atoms with Gasteiger partial charge in [0.2, 0.25) is 5.95 Å². The summed E-state index contributed by atoms with van der Waals surface area (Å²) >= 11 is 0. The lowest BCUT2D eigenvalue weighted by Crippen LogP contribution is -2.08. The third kappa shape index (κ3) is 3.10. The van der Waals surface area contributed by atoms with Gasteiger partial charge in [-0.3, -0.25) is 0 Å². The van der Waals surface area contributed by atoms with Crippen LogP contribution in [0.3, 0.4) is 0 Å². The van der Waals surface area contributed by atoms with E-state index in [1.807, 2.05) is 6.07 Å². The summed E-state index contributed by atoms with van der Waals surface area (Å²) in [7, 11) is 0.